The second kappa shape index (κ2) is 6.31. The van der Waals surface area contributed by atoms with E-state index in [1.807, 2.05) is 6.07 Å². The van der Waals surface area contributed by atoms with Crippen molar-refractivity contribution in [2.75, 3.05) is 19.3 Å². The minimum atomic E-state index is -3.27. The average Bonchev–Trinajstić information content (AvgIpc) is 2.28. The van der Waals surface area contributed by atoms with Gasteiger partial charge in [0.15, 0.2) is 0 Å². The molecule has 1 aromatic rings. The Morgan fingerprint density at radius 2 is 2.12 bits per heavy atom. The fraction of sp³-hybridized carbons (Fsp3) is 0.300. The van der Waals surface area contributed by atoms with Crippen LogP contribution in [0.25, 0.3) is 0 Å². The van der Waals surface area contributed by atoms with E-state index in [2.05, 4.69) is 32.6 Å². The maximum Gasteiger partial charge on any atom is 0.251 e. The normalized spacial score (nSPS) is 11.2. The number of hydrogen-bond acceptors (Lipinski definition) is 3. The number of sulfonamides is 1. The van der Waals surface area contributed by atoms with Gasteiger partial charge in [0, 0.05) is 15.7 Å². The first-order valence-electron chi connectivity index (χ1n) is 4.89. The average molecular weight is 368 g/mol. The topological polar surface area (TPSA) is 75.3 Å². The molecule has 0 aliphatic heterocycles. The van der Waals surface area contributed by atoms with Gasteiger partial charge in [0.2, 0.25) is 10.0 Å². The highest BCUT2D eigenvalue weighted by Crippen LogP contribution is 2.07. The zero-order chi connectivity index (χ0) is 12.9. The number of amides is 1. The molecular formula is C10H13IN2O3S. The Hall–Kier alpha value is -0.670. The summed E-state index contributed by atoms with van der Waals surface area (Å²) in [4.78, 5) is 11.6. The molecule has 1 amide bonds. The lowest BCUT2D eigenvalue weighted by Crippen LogP contribution is -2.32. The number of hydrogen-bond donors (Lipinski definition) is 2. The molecule has 0 saturated heterocycles. The SMILES string of the molecule is CNS(=O)(=O)CCNC(=O)c1cccc(I)c1. The van der Waals surface area contributed by atoms with Gasteiger partial charge < -0.3 is 5.32 Å². The van der Waals surface area contributed by atoms with Crippen LogP contribution in [0.15, 0.2) is 24.3 Å². The van der Waals surface area contributed by atoms with Gasteiger partial charge in [-0.2, -0.15) is 0 Å². The Labute approximate surface area is 114 Å². The van der Waals surface area contributed by atoms with Crippen LogP contribution in [0.5, 0.6) is 0 Å². The molecule has 0 radical (unpaired) electrons. The molecule has 0 aliphatic carbocycles. The Kier molecular flexibility index (Phi) is 5.34. The summed E-state index contributed by atoms with van der Waals surface area (Å²) < 4.78 is 25.4. The lowest BCUT2D eigenvalue weighted by atomic mass is 10.2. The van der Waals surface area contributed by atoms with E-state index in [1.54, 1.807) is 18.2 Å². The molecule has 0 aromatic heterocycles. The largest absolute Gasteiger partial charge is 0.351 e. The highest BCUT2D eigenvalue weighted by Gasteiger charge is 2.09. The predicted octanol–water partition coefficient (Wildman–Crippen LogP) is 0.570. The lowest BCUT2D eigenvalue weighted by molar-refractivity contribution is 0.0956. The maximum atomic E-state index is 11.6. The first-order chi connectivity index (χ1) is 7.94. The second-order valence-corrected chi connectivity index (χ2v) is 6.58. The number of nitrogens with one attached hydrogen (secondary N) is 2. The van der Waals surface area contributed by atoms with E-state index in [0.29, 0.717) is 5.56 Å². The number of carbonyl (C=O) groups excluding carboxylic acids is 1. The molecule has 1 aromatic carbocycles. The minimum Gasteiger partial charge on any atom is -0.351 e. The van der Waals surface area contributed by atoms with Gasteiger partial charge in [-0.05, 0) is 47.8 Å². The van der Waals surface area contributed by atoms with Crippen LogP contribution in [0.2, 0.25) is 0 Å². The minimum absolute atomic E-state index is 0.0908. The number of benzene rings is 1. The highest BCUT2D eigenvalue weighted by molar-refractivity contribution is 14.1. The van der Waals surface area contributed by atoms with E-state index in [1.165, 1.54) is 7.05 Å². The van der Waals surface area contributed by atoms with Crippen LogP contribution in [0.3, 0.4) is 0 Å². The predicted molar refractivity (Wildman–Crippen MR) is 74.3 cm³/mol. The summed E-state index contributed by atoms with van der Waals surface area (Å²) in [5.41, 5.74) is 0.527. The lowest BCUT2D eigenvalue weighted by Gasteiger charge is -2.05. The third kappa shape index (κ3) is 5.00. The monoisotopic (exact) mass is 368 g/mol. The van der Waals surface area contributed by atoms with E-state index in [4.69, 9.17) is 0 Å². The molecule has 2 N–H and O–H groups in total. The molecule has 7 heteroatoms. The van der Waals surface area contributed by atoms with Crippen LogP contribution < -0.4 is 10.0 Å². The second-order valence-electron chi connectivity index (χ2n) is 3.29. The molecule has 94 valence electrons. The van der Waals surface area contributed by atoms with Crippen molar-refractivity contribution < 1.29 is 13.2 Å². The molecule has 1 rings (SSSR count). The molecule has 0 saturated carbocycles. The summed E-state index contributed by atoms with van der Waals surface area (Å²) in [6.07, 6.45) is 0. The van der Waals surface area contributed by atoms with E-state index in [0.717, 1.165) is 3.57 Å². The summed E-state index contributed by atoms with van der Waals surface area (Å²) >= 11 is 2.11. The molecule has 5 nitrogen and oxygen atoms in total. The van der Waals surface area contributed by atoms with Crippen molar-refractivity contribution in [1.29, 1.82) is 0 Å². The summed E-state index contributed by atoms with van der Waals surface area (Å²) in [5, 5.41) is 2.56. The van der Waals surface area contributed by atoms with Gasteiger partial charge in [-0.15, -0.1) is 0 Å². The van der Waals surface area contributed by atoms with Crippen molar-refractivity contribution in [2.24, 2.45) is 0 Å². The molecule has 0 bridgehead atoms. The Bertz CT molecular complexity index is 502. The first kappa shape index (κ1) is 14.4. The zero-order valence-corrected chi connectivity index (χ0v) is 12.2. The molecule has 0 unspecified atom stereocenters. The number of halogens is 1. The van der Waals surface area contributed by atoms with Crippen LogP contribution in [0.1, 0.15) is 10.4 Å². The van der Waals surface area contributed by atoms with Gasteiger partial charge in [0.25, 0.3) is 5.91 Å². The smallest absolute Gasteiger partial charge is 0.251 e. The summed E-state index contributed by atoms with van der Waals surface area (Å²) in [7, 11) is -1.93. The Balaban J connectivity index is 2.51. The van der Waals surface area contributed by atoms with Gasteiger partial charge >= 0.3 is 0 Å². The summed E-state index contributed by atoms with van der Waals surface area (Å²) in [6.45, 7) is 0.0908. The standard InChI is InChI=1S/C10H13IN2O3S/c1-12-17(15,16)6-5-13-10(14)8-3-2-4-9(11)7-8/h2-4,7,12H,5-6H2,1H3,(H,13,14). The van der Waals surface area contributed by atoms with Crippen molar-refractivity contribution in [1.82, 2.24) is 10.0 Å². The summed E-state index contributed by atoms with van der Waals surface area (Å²) in [5.74, 6) is -0.395. The Morgan fingerprint density at radius 1 is 1.41 bits per heavy atom. The van der Waals surface area contributed by atoms with Crippen molar-refractivity contribution in [3.05, 3.63) is 33.4 Å². The Morgan fingerprint density at radius 3 is 2.71 bits per heavy atom. The van der Waals surface area contributed by atoms with Gasteiger partial charge in [-0.25, -0.2) is 13.1 Å². The van der Waals surface area contributed by atoms with Crippen LogP contribution in [-0.4, -0.2) is 33.7 Å². The van der Waals surface area contributed by atoms with Crippen molar-refractivity contribution in [3.8, 4) is 0 Å². The molecule has 0 aliphatic rings. The van der Waals surface area contributed by atoms with Crippen molar-refractivity contribution in [2.45, 2.75) is 0 Å². The fourth-order valence-corrected chi connectivity index (χ4v) is 2.25. The third-order valence-electron chi connectivity index (χ3n) is 2.05. The van der Waals surface area contributed by atoms with E-state index in [9.17, 15) is 13.2 Å². The van der Waals surface area contributed by atoms with E-state index < -0.39 is 10.0 Å². The molecule has 0 atom stereocenters. The molecular weight excluding hydrogens is 355 g/mol. The maximum absolute atomic E-state index is 11.6. The van der Waals surface area contributed by atoms with Gasteiger partial charge in [0.1, 0.15) is 0 Å². The molecule has 0 heterocycles. The fourth-order valence-electron chi connectivity index (χ4n) is 1.13. The van der Waals surface area contributed by atoms with Crippen LogP contribution in [0, 0.1) is 3.57 Å². The van der Waals surface area contributed by atoms with Crippen LogP contribution in [0.4, 0.5) is 0 Å². The van der Waals surface area contributed by atoms with Crippen LogP contribution >= 0.6 is 22.6 Å². The van der Waals surface area contributed by atoms with Gasteiger partial charge in [-0.1, -0.05) is 6.07 Å². The van der Waals surface area contributed by atoms with Crippen molar-refractivity contribution >= 4 is 38.5 Å². The zero-order valence-electron chi connectivity index (χ0n) is 9.23. The highest BCUT2D eigenvalue weighted by atomic mass is 127. The molecule has 0 spiro atoms. The van der Waals surface area contributed by atoms with E-state index >= 15 is 0 Å². The number of carbonyl (C=O) groups is 1. The van der Waals surface area contributed by atoms with E-state index in [-0.39, 0.29) is 18.2 Å². The number of rotatable bonds is 5. The van der Waals surface area contributed by atoms with Crippen LogP contribution in [-0.2, 0) is 10.0 Å². The molecule has 17 heavy (non-hydrogen) atoms. The van der Waals surface area contributed by atoms with Gasteiger partial charge in [-0.3, -0.25) is 4.79 Å². The van der Waals surface area contributed by atoms with Crippen molar-refractivity contribution in [3.63, 3.8) is 0 Å². The summed E-state index contributed by atoms with van der Waals surface area (Å²) in [6, 6.07) is 7.08. The third-order valence-corrected chi connectivity index (χ3v) is 4.09. The van der Waals surface area contributed by atoms with Gasteiger partial charge in [0.05, 0.1) is 5.75 Å². The first-order valence-corrected chi connectivity index (χ1v) is 7.63. The quantitative estimate of drug-likeness (QED) is 0.747. The molecule has 0 fully saturated rings.